The molecular formula is C13H18N2O2. The largest absolute Gasteiger partial charge is 0.324 e. The Bertz CT molecular complexity index is 418. The standard InChI is InChI=1S/C13H18N2O2/c1-13(11(16)14-12(17)15(13)2)10-7-8-3-5-9(10)6-4-8/h3,5,8-10H,4,6-7H2,1-2H3,(H,14,16,17). The van der Waals surface area contributed by atoms with E-state index in [0.717, 1.165) is 12.8 Å². The number of rotatable bonds is 1. The van der Waals surface area contributed by atoms with Crippen LogP contribution in [0.15, 0.2) is 12.2 Å². The second-order valence-electron chi connectivity index (χ2n) is 5.69. The van der Waals surface area contributed by atoms with Crippen LogP contribution in [0.4, 0.5) is 4.79 Å². The highest BCUT2D eigenvalue weighted by Gasteiger charge is 2.55. The number of imide groups is 1. The van der Waals surface area contributed by atoms with E-state index in [1.807, 2.05) is 6.92 Å². The molecule has 0 aromatic carbocycles. The van der Waals surface area contributed by atoms with Gasteiger partial charge in [-0.25, -0.2) is 4.79 Å². The molecule has 3 aliphatic carbocycles. The van der Waals surface area contributed by atoms with Gasteiger partial charge in [0.05, 0.1) is 0 Å². The zero-order valence-corrected chi connectivity index (χ0v) is 10.3. The fourth-order valence-corrected chi connectivity index (χ4v) is 3.67. The highest BCUT2D eigenvalue weighted by molar-refractivity contribution is 6.06. The van der Waals surface area contributed by atoms with Gasteiger partial charge in [-0.15, -0.1) is 0 Å². The smallest absolute Gasteiger partial charge is 0.313 e. The maximum absolute atomic E-state index is 12.1. The van der Waals surface area contributed by atoms with Gasteiger partial charge in [0.2, 0.25) is 0 Å². The summed E-state index contributed by atoms with van der Waals surface area (Å²) in [6, 6.07) is -0.261. The summed E-state index contributed by atoms with van der Waals surface area (Å²) >= 11 is 0. The van der Waals surface area contributed by atoms with Crippen molar-refractivity contribution in [2.45, 2.75) is 31.7 Å². The lowest BCUT2D eigenvalue weighted by Gasteiger charge is -2.47. The average molecular weight is 234 g/mol. The quantitative estimate of drug-likeness (QED) is 0.552. The Morgan fingerprint density at radius 3 is 2.53 bits per heavy atom. The van der Waals surface area contributed by atoms with E-state index >= 15 is 0 Å². The number of nitrogens with zero attached hydrogens (tertiary/aromatic N) is 1. The minimum absolute atomic E-state index is 0.129. The number of nitrogens with one attached hydrogen (secondary N) is 1. The summed E-state index contributed by atoms with van der Waals surface area (Å²) in [7, 11) is 1.73. The normalized spacial score (nSPS) is 44.4. The molecule has 1 N–H and O–H groups in total. The lowest BCUT2D eigenvalue weighted by molar-refractivity contribution is -0.130. The van der Waals surface area contributed by atoms with Crippen LogP contribution >= 0.6 is 0 Å². The van der Waals surface area contributed by atoms with Crippen LogP contribution in [0, 0.1) is 17.8 Å². The van der Waals surface area contributed by atoms with Crippen LogP contribution < -0.4 is 5.32 Å². The topological polar surface area (TPSA) is 49.4 Å². The minimum atomic E-state index is -0.662. The number of hydrogen-bond donors (Lipinski definition) is 1. The molecule has 4 atom stereocenters. The molecule has 0 aromatic heterocycles. The molecule has 17 heavy (non-hydrogen) atoms. The summed E-state index contributed by atoms with van der Waals surface area (Å²) in [4.78, 5) is 25.3. The summed E-state index contributed by atoms with van der Waals surface area (Å²) in [5.74, 6) is 1.18. The van der Waals surface area contributed by atoms with E-state index in [2.05, 4.69) is 17.5 Å². The Labute approximate surface area is 101 Å². The summed E-state index contributed by atoms with van der Waals surface area (Å²) < 4.78 is 0. The summed E-state index contributed by atoms with van der Waals surface area (Å²) in [6.45, 7) is 1.91. The number of hydrogen-bond acceptors (Lipinski definition) is 2. The van der Waals surface area contributed by atoms with Crippen LogP contribution in [0.25, 0.3) is 0 Å². The van der Waals surface area contributed by atoms with Crippen molar-refractivity contribution < 1.29 is 9.59 Å². The molecule has 4 heteroatoms. The lowest BCUT2D eigenvalue weighted by Crippen LogP contribution is -2.55. The van der Waals surface area contributed by atoms with Gasteiger partial charge in [-0.1, -0.05) is 12.2 Å². The van der Waals surface area contributed by atoms with Crippen molar-refractivity contribution in [1.29, 1.82) is 0 Å². The molecule has 4 unspecified atom stereocenters. The maximum Gasteiger partial charge on any atom is 0.324 e. The Kier molecular flexibility index (Phi) is 2.12. The Morgan fingerprint density at radius 2 is 2.12 bits per heavy atom. The molecule has 3 amide bonds. The van der Waals surface area contributed by atoms with Crippen LogP contribution in [-0.2, 0) is 4.79 Å². The third-order valence-electron chi connectivity index (χ3n) is 4.98. The molecule has 0 spiro atoms. The summed E-state index contributed by atoms with van der Waals surface area (Å²) in [5, 5.41) is 2.44. The number of amides is 3. The molecule has 4 nitrogen and oxygen atoms in total. The predicted octanol–water partition coefficient (Wildman–Crippen LogP) is 1.53. The second kappa shape index (κ2) is 3.34. The Morgan fingerprint density at radius 1 is 1.35 bits per heavy atom. The molecule has 0 aromatic rings. The van der Waals surface area contributed by atoms with Crippen molar-refractivity contribution >= 4 is 11.9 Å². The van der Waals surface area contributed by atoms with Gasteiger partial charge in [0.1, 0.15) is 5.54 Å². The fourth-order valence-electron chi connectivity index (χ4n) is 3.67. The molecule has 2 bridgehead atoms. The molecule has 1 saturated carbocycles. The van der Waals surface area contributed by atoms with E-state index < -0.39 is 5.54 Å². The molecule has 4 aliphatic rings. The van der Waals surface area contributed by atoms with Gasteiger partial charge < -0.3 is 4.90 Å². The van der Waals surface area contributed by atoms with Gasteiger partial charge >= 0.3 is 6.03 Å². The molecule has 92 valence electrons. The van der Waals surface area contributed by atoms with E-state index in [1.54, 1.807) is 11.9 Å². The maximum atomic E-state index is 12.1. The highest BCUT2D eigenvalue weighted by atomic mass is 16.2. The van der Waals surface area contributed by atoms with E-state index in [4.69, 9.17) is 0 Å². The number of urea groups is 1. The van der Waals surface area contributed by atoms with Crippen molar-refractivity contribution in [2.75, 3.05) is 7.05 Å². The van der Waals surface area contributed by atoms with Crippen LogP contribution in [0.3, 0.4) is 0 Å². The van der Waals surface area contributed by atoms with Crippen molar-refractivity contribution in [3.05, 3.63) is 12.2 Å². The van der Waals surface area contributed by atoms with Crippen molar-refractivity contribution in [2.24, 2.45) is 17.8 Å². The Balaban J connectivity index is 1.96. The number of fused-ring (bicyclic) bond motifs is 2. The molecule has 4 rings (SSSR count). The molecule has 1 saturated heterocycles. The molecular weight excluding hydrogens is 216 g/mol. The number of carbonyl (C=O) groups is 2. The molecule has 1 heterocycles. The first kappa shape index (κ1) is 10.8. The van der Waals surface area contributed by atoms with Gasteiger partial charge in [-0.05, 0) is 43.9 Å². The van der Waals surface area contributed by atoms with Crippen molar-refractivity contribution in [1.82, 2.24) is 10.2 Å². The molecule has 1 aliphatic heterocycles. The molecule has 2 fully saturated rings. The summed E-state index contributed by atoms with van der Waals surface area (Å²) in [6.07, 6.45) is 7.94. The predicted molar refractivity (Wildman–Crippen MR) is 63.2 cm³/mol. The first-order valence-electron chi connectivity index (χ1n) is 6.31. The van der Waals surface area contributed by atoms with Crippen LogP contribution in [-0.4, -0.2) is 29.4 Å². The third kappa shape index (κ3) is 1.30. The fraction of sp³-hybridized carbons (Fsp3) is 0.692. The zero-order chi connectivity index (χ0) is 12.2. The van der Waals surface area contributed by atoms with E-state index in [9.17, 15) is 9.59 Å². The zero-order valence-electron chi connectivity index (χ0n) is 10.3. The van der Waals surface area contributed by atoms with E-state index in [0.29, 0.717) is 11.8 Å². The second-order valence-corrected chi connectivity index (χ2v) is 5.69. The van der Waals surface area contributed by atoms with Crippen LogP contribution in [0.5, 0.6) is 0 Å². The van der Waals surface area contributed by atoms with Gasteiger partial charge in [0.15, 0.2) is 0 Å². The monoisotopic (exact) mass is 234 g/mol. The highest BCUT2D eigenvalue weighted by Crippen LogP contribution is 2.47. The third-order valence-corrected chi connectivity index (χ3v) is 4.98. The van der Waals surface area contributed by atoms with Crippen LogP contribution in [0.2, 0.25) is 0 Å². The number of allylic oxidation sites excluding steroid dienone is 2. The lowest BCUT2D eigenvalue weighted by atomic mass is 9.62. The van der Waals surface area contributed by atoms with Crippen molar-refractivity contribution in [3.8, 4) is 0 Å². The van der Waals surface area contributed by atoms with E-state index in [1.165, 1.54) is 6.42 Å². The molecule has 0 radical (unpaired) electrons. The SMILES string of the molecule is CN1C(=O)NC(=O)C1(C)C1CC2C=CC1CC2. The summed E-state index contributed by atoms with van der Waals surface area (Å²) in [5.41, 5.74) is -0.662. The van der Waals surface area contributed by atoms with Gasteiger partial charge in [0.25, 0.3) is 5.91 Å². The van der Waals surface area contributed by atoms with Gasteiger partial charge in [-0.3, -0.25) is 10.1 Å². The van der Waals surface area contributed by atoms with Crippen LogP contribution in [0.1, 0.15) is 26.2 Å². The number of carbonyl (C=O) groups excluding carboxylic acids is 2. The first-order chi connectivity index (χ1) is 8.03. The first-order valence-corrected chi connectivity index (χ1v) is 6.31. The van der Waals surface area contributed by atoms with Gasteiger partial charge in [0, 0.05) is 7.05 Å². The van der Waals surface area contributed by atoms with E-state index in [-0.39, 0.29) is 17.9 Å². The minimum Gasteiger partial charge on any atom is -0.313 e. The Hall–Kier alpha value is -1.32. The van der Waals surface area contributed by atoms with Crippen molar-refractivity contribution in [3.63, 3.8) is 0 Å². The number of likely N-dealkylation sites (N-methyl/N-ethyl adjacent to an activating group) is 1. The van der Waals surface area contributed by atoms with Gasteiger partial charge in [-0.2, -0.15) is 0 Å². The average Bonchev–Trinajstić information content (AvgIpc) is 2.56.